The van der Waals surface area contributed by atoms with E-state index in [0.717, 1.165) is 12.8 Å². The van der Waals surface area contributed by atoms with Crippen LogP contribution in [0.5, 0.6) is 23.0 Å². The predicted molar refractivity (Wildman–Crippen MR) is 94.4 cm³/mol. The number of halogens is 2. The Hall–Kier alpha value is -2.90. The van der Waals surface area contributed by atoms with Gasteiger partial charge in [0.05, 0.1) is 24.6 Å². The molecule has 0 saturated carbocycles. The Morgan fingerprint density at radius 1 is 0.692 bits per heavy atom. The molecule has 0 aliphatic rings. The first-order valence-electron chi connectivity index (χ1n) is 8.21. The Kier molecular flexibility index (Phi) is 6.71. The Bertz CT molecular complexity index is 693. The summed E-state index contributed by atoms with van der Waals surface area (Å²) in [6.45, 7) is 0.587. The number of hydrogen-bond acceptors (Lipinski definition) is 6. The molecule has 8 heteroatoms. The molecule has 0 fully saturated rings. The molecular weight excluding hydrogens is 346 g/mol. The second kappa shape index (κ2) is 8.98. The normalized spacial score (nSPS) is 10.7. The standard InChI is InChI=1S/C18H22F2N2O4/c19-15-13(7-5-11(21)17(15)23)25-9-3-1-2-4-10-26-14-8-6-12(22)18(24)16(14)20/h5-8,23-24H,1-4,9-10,21-22H2. The molecule has 0 heterocycles. The molecule has 6 N–H and O–H groups in total. The molecule has 0 saturated heterocycles. The molecule has 2 aromatic rings. The van der Waals surface area contributed by atoms with E-state index in [-0.39, 0.29) is 22.9 Å². The molecule has 0 bridgehead atoms. The average Bonchev–Trinajstić information content (AvgIpc) is 2.63. The number of hydrogen-bond donors (Lipinski definition) is 4. The highest BCUT2D eigenvalue weighted by molar-refractivity contribution is 5.56. The predicted octanol–water partition coefficient (Wildman–Crippen LogP) is 3.56. The number of phenols is 2. The number of unbranched alkanes of at least 4 members (excludes halogenated alkanes) is 3. The fraction of sp³-hybridized carbons (Fsp3) is 0.333. The van der Waals surface area contributed by atoms with Crippen LogP contribution in [0.25, 0.3) is 0 Å². The van der Waals surface area contributed by atoms with Crippen LogP contribution in [-0.4, -0.2) is 23.4 Å². The number of benzene rings is 2. The highest BCUT2D eigenvalue weighted by atomic mass is 19.1. The van der Waals surface area contributed by atoms with Gasteiger partial charge in [0.25, 0.3) is 0 Å². The maximum Gasteiger partial charge on any atom is 0.208 e. The average molecular weight is 368 g/mol. The Balaban J connectivity index is 1.62. The molecule has 2 aromatic carbocycles. The lowest BCUT2D eigenvalue weighted by molar-refractivity contribution is 0.270. The minimum Gasteiger partial charge on any atom is -0.503 e. The van der Waals surface area contributed by atoms with Gasteiger partial charge in [-0.25, -0.2) is 0 Å². The van der Waals surface area contributed by atoms with Crippen LogP contribution >= 0.6 is 0 Å². The zero-order chi connectivity index (χ0) is 19.1. The molecule has 26 heavy (non-hydrogen) atoms. The first kappa shape index (κ1) is 19.4. The smallest absolute Gasteiger partial charge is 0.208 e. The fourth-order valence-electron chi connectivity index (χ4n) is 2.27. The summed E-state index contributed by atoms with van der Waals surface area (Å²) >= 11 is 0. The van der Waals surface area contributed by atoms with Crippen molar-refractivity contribution < 1.29 is 28.5 Å². The van der Waals surface area contributed by atoms with Crippen LogP contribution in [0.2, 0.25) is 0 Å². The third-order valence-corrected chi connectivity index (χ3v) is 3.78. The maximum atomic E-state index is 13.7. The van der Waals surface area contributed by atoms with E-state index < -0.39 is 23.1 Å². The summed E-state index contributed by atoms with van der Waals surface area (Å²) in [5.74, 6) is -3.04. The summed E-state index contributed by atoms with van der Waals surface area (Å²) in [6, 6.07) is 5.49. The van der Waals surface area contributed by atoms with Crippen molar-refractivity contribution >= 4 is 11.4 Å². The summed E-state index contributed by atoms with van der Waals surface area (Å²) in [4.78, 5) is 0. The van der Waals surface area contributed by atoms with Gasteiger partial charge in [-0.3, -0.25) is 0 Å². The SMILES string of the molecule is Nc1ccc(OCCCCCCOc2ccc(N)c(O)c2F)c(F)c1O. The second-order valence-electron chi connectivity index (χ2n) is 5.74. The Morgan fingerprint density at radius 3 is 1.46 bits per heavy atom. The molecule has 0 spiro atoms. The van der Waals surface area contributed by atoms with Crippen LogP contribution in [-0.2, 0) is 0 Å². The largest absolute Gasteiger partial charge is 0.503 e. The van der Waals surface area contributed by atoms with Gasteiger partial charge in [0.1, 0.15) is 0 Å². The number of aromatic hydroxyl groups is 2. The second-order valence-corrected chi connectivity index (χ2v) is 5.74. The van der Waals surface area contributed by atoms with Gasteiger partial charge < -0.3 is 31.2 Å². The number of anilines is 2. The van der Waals surface area contributed by atoms with Crippen molar-refractivity contribution in [2.24, 2.45) is 0 Å². The Morgan fingerprint density at radius 2 is 1.08 bits per heavy atom. The highest BCUT2D eigenvalue weighted by Gasteiger charge is 2.12. The molecule has 2 rings (SSSR count). The van der Waals surface area contributed by atoms with E-state index in [2.05, 4.69) is 0 Å². The van der Waals surface area contributed by atoms with Crippen molar-refractivity contribution in [1.29, 1.82) is 0 Å². The number of ether oxygens (including phenoxy) is 2. The van der Waals surface area contributed by atoms with E-state index in [1.165, 1.54) is 24.3 Å². The molecule has 142 valence electrons. The van der Waals surface area contributed by atoms with Crippen LogP contribution in [0.1, 0.15) is 25.7 Å². The zero-order valence-corrected chi connectivity index (χ0v) is 14.2. The minimum atomic E-state index is -0.868. The number of rotatable bonds is 9. The molecule has 0 unspecified atom stereocenters. The van der Waals surface area contributed by atoms with E-state index in [9.17, 15) is 19.0 Å². The maximum absolute atomic E-state index is 13.7. The van der Waals surface area contributed by atoms with Gasteiger partial charge in [-0.05, 0) is 49.9 Å². The lowest BCUT2D eigenvalue weighted by Gasteiger charge is -2.10. The van der Waals surface area contributed by atoms with Crippen molar-refractivity contribution in [3.05, 3.63) is 35.9 Å². The van der Waals surface area contributed by atoms with Crippen LogP contribution in [0.3, 0.4) is 0 Å². The summed E-state index contributed by atoms with van der Waals surface area (Å²) in [5.41, 5.74) is 10.7. The van der Waals surface area contributed by atoms with E-state index in [0.29, 0.717) is 26.1 Å². The van der Waals surface area contributed by atoms with E-state index >= 15 is 0 Å². The third kappa shape index (κ3) is 4.81. The van der Waals surface area contributed by atoms with Gasteiger partial charge in [0.15, 0.2) is 23.0 Å². The van der Waals surface area contributed by atoms with Crippen LogP contribution in [0.4, 0.5) is 20.2 Å². The van der Waals surface area contributed by atoms with Crippen LogP contribution in [0.15, 0.2) is 24.3 Å². The Labute approximate surface area is 150 Å². The van der Waals surface area contributed by atoms with Gasteiger partial charge in [0.2, 0.25) is 11.6 Å². The highest BCUT2D eigenvalue weighted by Crippen LogP contribution is 2.32. The molecule has 0 atom stereocenters. The summed E-state index contributed by atoms with van der Waals surface area (Å²) in [6.07, 6.45) is 2.98. The topological polar surface area (TPSA) is 111 Å². The number of nitrogen functional groups attached to an aromatic ring is 2. The number of phenolic OH excluding ortho intramolecular Hbond substituents is 2. The van der Waals surface area contributed by atoms with Gasteiger partial charge in [-0.2, -0.15) is 8.78 Å². The van der Waals surface area contributed by atoms with Gasteiger partial charge >= 0.3 is 0 Å². The quantitative estimate of drug-likeness (QED) is 0.306. The molecule has 6 nitrogen and oxygen atoms in total. The molecule has 0 radical (unpaired) electrons. The van der Waals surface area contributed by atoms with Crippen LogP contribution < -0.4 is 20.9 Å². The first-order chi connectivity index (χ1) is 12.4. The first-order valence-corrected chi connectivity index (χ1v) is 8.21. The molecular formula is C18H22F2N2O4. The fourth-order valence-corrected chi connectivity index (χ4v) is 2.27. The monoisotopic (exact) mass is 368 g/mol. The van der Waals surface area contributed by atoms with Crippen molar-refractivity contribution in [2.45, 2.75) is 25.7 Å². The van der Waals surface area contributed by atoms with E-state index in [1.54, 1.807) is 0 Å². The molecule has 0 amide bonds. The van der Waals surface area contributed by atoms with Gasteiger partial charge in [-0.15, -0.1) is 0 Å². The van der Waals surface area contributed by atoms with Crippen molar-refractivity contribution in [3.63, 3.8) is 0 Å². The summed E-state index contributed by atoms with van der Waals surface area (Å²) in [7, 11) is 0. The zero-order valence-electron chi connectivity index (χ0n) is 14.2. The lowest BCUT2D eigenvalue weighted by atomic mass is 10.2. The van der Waals surface area contributed by atoms with Crippen molar-refractivity contribution in [2.75, 3.05) is 24.7 Å². The number of nitrogens with two attached hydrogens (primary N) is 2. The van der Waals surface area contributed by atoms with Crippen molar-refractivity contribution in [3.8, 4) is 23.0 Å². The lowest BCUT2D eigenvalue weighted by Crippen LogP contribution is -2.02. The molecule has 0 aromatic heterocycles. The summed E-state index contributed by atoms with van der Waals surface area (Å²) in [5, 5.41) is 18.8. The van der Waals surface area contributed by atoms with E-state index in [1.807, 2.05) is 0 Å². The van der Waals surface area contributed by atoms with Crippen molar-refractivity contribution in [1.82, 2.24) is 0 Å². The molecule has 0 aliphatic carbocycles. The van der Waals surface area contributed by atoms with Gasteiger partial charge in [-0.1, -0.05) is 0 Å². The molecule has 0 aliphatic heterocycles. The van der Waals surface area contributed by atoms with Crippen LogP contribution in [0, 0.1) is 11.6 Å². The minimum absolute atomic E-state index is 0.0410. The van der Waals surface area contributed by atoms with E-state index in [4.69, 9.17) is 20.9 Å². The third-order valence-electron chi connectivity index (χ3n) is 3.78. The van der Waals surface area contributed by atoms with Gasteiger partial charge in [0, 0.05) is 0 Å². The summed E-state index contributed by atoms with van der Waals surface area (Å²) < 4.78 is 37.9.